The van der Waals surface area contributed by atoms with Crippen molar-refractivity contribution >= 4 is 53.1 Å². The Balaban J connectivity index is 0.00000338. The highest BCUT2D eigenvalue weighted by Gasteiger charge is 2.24. The van der Waals surface area contributed by atoms with Gasteiger partial charge in [0.15, 0.2) is 5.96 Å². The molecule has 1 aromatic rings. The zero-order valence-corrected chi connectivity index (χ0v) is 18.6. The number of amides is 1. The molecule has 8 heteroatoms. The number of nitrogens with zero attached hydrogens (tertiary/aromatic N) is 2. The normalized spacial score (nSPS) is 17.0. The van der Waals surface area contributed by atoms with Crippen LogP contribution in [0.5, 0.6) is 0 Å². The van der Waals surface area contributed by atoms with Gasteiger partial charge in [0.2, 0.25) is 5.91 Å². The van der Waals surface area contributed by atoms with Crippen molar-refractivity contribution in [2.24, 2.45) is 10.9 Å². The van der Waals surface area contributed by atoms with Gasteiger partial charge in [0.25, 0.3) is 0 Å². The number of benzene rings is 1. The van der Waals surface area contributed by atoms with Crippen LogP contribution >= 0.6 is 35.6 Å². The van der Waals surface area contributed by atoms with E-state index in [9.17, 15) is 4.79 Å². The number of guanidine groups is 1. The highest BCUT2D eigenvalue weighted by atomic mass is 127. The molecule has 1 saturated heterocycles. The van der Waals surface area contributed by atoms with Crippen LogP contribution in [-0.2, 0) is 9.53 Å². The van der Waals surface area contributed by atoms with E-state index >= 15 is 0 Å². The van der Waals surface area contributed by atoms with Gasteiger partial charge in [-0.25, -0.2) is 0 Å². The fraction of sp³-hybridized carbons (Fsp3) is 0.556. The van der Waals surface area contributed by atoms with Crippen molar-refractivity contribution in [1.29, 1.82) is 0 Å². The molecule has 6 nitrogen and oxygen atoms in total. The zero-order valence-electron chi connectivity index (χ0n) is 15.5. The molecule has 0 aromatic heterocycles. The second-order valence-corrected chi connectivity index (χ2v) is 6.65. The summed E-state index contributed by atoms with van der Waals surface area (Å²) in [5, 5.41) is 6.82. The number of carbonyl (C=O) groups is 1. The van der Waals surface area contributed by atoms with E-state index in [1.807, 2.05) is 25.1 Å². The lowest BCUT2D eigenvalue weighted by atomic mass is 10.1. The molecule has 26 heavy (non-hydrogen) atoms. The van der Waals surface area contributed by atoms with Crippen molar-refractivity contribution < 1.29 is 9.53 Å². The zero-order chi connectivity index (χ0) is 18.2. The van der Waals surface area contributed by atoms with Gasteiger partial charge in [-0.05, 0) is 31.0 Å². The van der Waals surface area contributed by atoms with Crippen LogP contribution in [0.3, 0.4) is 0 Å². The van der Waals surface area contributed by atoms with Gasteiger partial charge >= 0.3 is 0 Å². The molecule has 146 valence electrons. The largest absolute Gasteiger partial charge is 0.384 e. The fourth-order valence-electron chi connectivity index (χ4n) is 2.97. The monoisotopic (exact) mass is 494 g/mol. The fourth-order valence-corrected chi connectivity index (χ4v) is 3.15. The van der Waals surface area contributed by atoms with E-state index in [2.05, 4.69) is 20.5 Å². The molecule has 1 unspecified atom stereocenters. The van der Waals surface area contributed by atoms with Crippen molar-refractivity contribution in [2.75, 3.05) is 45.7 Å². The molecule has 0 saturated carbocycles. The first-order valence-electron chi connectivity index (χ1n) is 8.54. The van der Waals surface area contributed by atoms with E-state index in [1.165, 1.54) is 0 Å². The Morgan fingerprint density at radius 1 is 1.46 bits per heavy atom. The lowest BCUT2D eigenvalue weighted by Gasteiger charge is -2.21. The predicted molar refractivity (Wildman–Crippen MR) is 118 cm³/mol. The highest BCUT2D eigenvalue weighted by Crippen LogP contribution is 2.23. The topological polar surface area (TPSA) is 66.0 Å². The quantitative estimate of drug-likeness (QED) is 0.362. The number of likely N-dealkylation sites (tertiary alicyclic amines) is 1. The molecule has 1 heterocycles. The van der Waals surface area contributed by atoms with E-state index in [1.54, 1.807) is 14.2 Å². The van der Waals surface area contributed by atoms with E-state index in [0.717, 1.165) is 43.3 Å². The third-order valence-corrected chi connectivity index (χ3v) is 4.79. The molecule has 1 fully saturated rings. The number of nitrogens with one attached hydrogen (secondary N) is 2. The Bertz CT molecular complexity index is 627. The Hall–Kier alpha value is -1.06. The van der Waals surface area contributed by atoms with Crippen LogP contribution in [0.15, 0.2) is 23.2 Å². The van der Waals surface area contributed by atoms with Crippen LogP contribution in [0, 0.1) is 12.8 Å². The maximum absolute atomic E-state index is 12.1. The molecular formula is C18H28ClIN4O2. The first kappa shape index (κ1) is 23.0. The summed E-state index contributed by atoms with van der Waals surface area (Å²) < 4.78 is 5.23. The number of methoxy groups -OCH3 is 1. The number of halogens is 2. The summed E-state index contributed by atoms with van der Waals surface area (Å²) in [5.41, 5.74) is 1.63. The number of anilines is 1. The molecule has 0 radical (unpaired) electrons. The van der Waals surface area contributed by atoms with E-state index in [0.29, 0.717) is 23.9 Å². The molecule has 1 aromatic carbocycles. The predicted octanol–water partition coefficient (Wildman–Crippen LogP) is 3.14. The van der Waals surface area contributed by atoms with Crippen molar-refractivity contribution in [3.8, 4) is 0 Å². The van der Waals surface area contributed by atoms with Gasteiger partial charge in [-0.3, -0.25) is 9.79 Å². The van der Waals surface area contributed by atoms with Crippen LogP contribution in [-0.4, -0.2) is 57.2 Å². The minimum Gasteiger partial charge on any atom is -0.384 e. The average Bonchev–Trinajstić information content (AvgIpc) is 3.05. The maximum atomic E-state index is 12.1. The molecule has 2 rings (SSSR count). The number of hydrogen-bond acceptors (Lipinski definition) is 3. The Morgan fingerprint density at radius 3 is 2.92 bits per heavy atom. The van der Waals surface area contributed by atoms with Gasteiger partial charge in [-0.2, -0.15) is 0 Å². The van der Waals surface area contributed by atoms with Gasteiger partial charge in [0.1, 0.15) is 0 Å². The number of rotatable bonds is 6. The first-order chi connectivity index (χ1) is 12.0. The summed E-state index contributed by atoms with van der Waals surface area (Å²) in [5.74, 6) is 1.33. The molecule has 0 aliphatic carbocycles. The van der Waals surface area contributed by atoms with E-state index < -0.39 is 0 Å². The van der Waals surface area contributed by atoms with Gasteiger partial charge in [0, 0.05) is 56.8 Å². The third kappa shape index (κ3) is 6.59. The van der Waals surface area contributed by atoms with Gasteiger partial charge in [-0.1, -0.05) is 17.7 Å². The highest BCUT2D eigenvalue weighted by molar-refractivity contribution is 14.0. The summed E-state index contributed by atoms with van der Waals surface area (Å²) in [6, 6.07) is 5.49. The summed E-state index contributed by atoms with van der Waals surface area (Å²) in [7, 11) is 3.50. The average molecular weight is 495 g/mol. The van der Waals surface area contributed by atoms with Gasteiger partial charge < -0.3 is 20.3 Å². The number of hydrogen-bond donors (Lipinski definition) is 2. The van der Waals surface area contributed by atoms with E-state index in [-0.39, 0.29) is 29.9 Å². The first-order valence-corrected chi connectivity index (χ1v) is 8.92. The molecule has 1 aliphatic heterocycles. The second-order valence-electron chi connectivity index (χ2n) is 6.24. The summed E-state index contributed by atoms with van der Waals surface area (Å²) in [6.07, 6.45) is 1.46. The summed E-state index contributed by atoms with van der Waals surface area (Å²) in [4.78, 5) is 18.7. The molecular weight excluding hydrogens is 467 g/mol. The van der Waals surface area contributed by atoms with Crippen LogP contribution in [0.2, 0.25) is 5.02 Å². The van der Waals surface area contributed by atoms with Crippen LogP contribution in [0.4, 0.5) is 5.69 Å². The smallest absolute Gasteiger partial charge is 0.226 e. The number of carbonyl (C=O) groups excluding carboxylic acids is 1. The lowest BCUT2D eigenvalue weighted by molar-refractivity contribution is -0.116. The standard InChI is InChI=1S/C18H27ClN4O2.HI/c1-13-15(19)5-4-6-16(13)22-17(24)7-9-21-18(20-2)23-10-8-14(11-23)12-25-3;/h4-6,14H,7-12H2,1-3H3,(H,20,21)(H,22,24);1H. The molecule has 1 atom stereocenters. The molecule has 1 amide bonds. The molecule has 0 spiro atoms. The summed E-state index contributed by atoms with van der Waals surface area (Å²) >= 11 is 6.08. The second kappa shape index (κ2) is 11.6. The number of aliphatic imine (C=N–C) groups is 1. The van der Waals surface area contributed by atoms with Crippen LogP contribution in [0.25, 0.3) is 0 Å². The van der Waals surface area contributed by atoms with Crippen molar-refractivity contribution in [3.05, 3.63) is 28.8 Å². The Morgan fingerprint density at radius 2 is 2.23 bits per heavy atom. The van der Waals surface area contributed by atoms with E-state index in [4.69, 9.17) is 16.3 Å². The molecule has 2 N–H and O–H groups in total. The Labute approximate surface area is 177 Å². The van der Waals surface area contributed by atoms with Crippen molar-refractivity contribution in [2.45, 2.75) is 19.8 Å². The molecule has 0 bridgehead atoms. The minimum atomic E-state index is -0.0491. The third-order valence-electron chi connectivity index (χ3n) is 4.38. The van der Waals surface area contributed by atoms with Crippen LogP contribution < -0.4 is 10.6 Å². The van der Waals surface area contributed by atoms with Crippen molar-refractivity contribution in [3.63, 3.8) is 0 Å². The van der Waals surface area contributed by atoms with Crippen molar-refractivity contribution in [1.82, 2.24) is 10.2 Å². The molecule has 1 aliphatic rings. The SMILES string of the molecule is CN=C(NCCC(=O)Nc1cccc(Cl)c1C)N1CCC(COC)C1.I. The Kier molecular flexibility index (Phi) is 10.3. The minimum absolute atomic E-state index is 0. The summed E-state index contributed by atoms with van der Waals surface area (Å²) in [6.45, 7) is 5.09. The van der Waals surface area contributed by atoms with Gasteiger partial charge in [0.05, 0.1) is 6.61 Å². The lowest BCUT2D eigenvalue weighted by Crippen LogP contribution is -2.41. The van der Waals surface area contributed by atoms with Crippen LogP contribution in [0.1, 0.15) is 18.4 Å². The number of ether oxygens (including phenoxy) is 1. The maximum Gasteiger partial charge on any atom is 0.226 e. The van der Waals surface area contributed by atoms with Gasteiger partial charge in [-0.15, -0.1) is 24.0 Å².